The SMILES string of the molecule is [Au].[Au].[CH2-][P+]([CH2-])(c1ccccc1)c1ccccc1.[CH2-][P+]([CH2-])(c1ccccc1)c1ccccc1.[O-][Cl+3]([O-])([O-])[O-].[O-][Cl+3]([O-])([O-])[O-].c1ccc(P(c2ccccc2)c2ccccc2)cc1.c1ccc([PH+](c2ccccc2)c2ccccc2)cc1. The Balaban J connectivity index is 0.000000264. The molecule has 0 saturated heterocycles. The van der Waals surface area contributed by atoms with Crippen LogP contribution in [0.25, 0.3) is 0 Å². The summed E-state index contributed by atoms with van der Waals surface area (Å²) in [6.07, 6.45) is 0. The molecule has 10 aromatic carbocycles. The molecule has 80 heavy (non-hydrogen) atoms. The van der Waals surface area contributed by atoms with Crippen molar-refractivity contribution in [2.24, 2.45) is 0 Å². The van der Waals surface area contributed by atoms with Crippen molar-refractivity contribution in [2.75, 3.05) is 0 Å². The van der Waals surface area contributed by atoms with Crippen molar-refractivity contribution >= 4 is 83.4 Å². The first-order valence-corrected chi connectivity index (χ1v) is 33.6. The van der Waals surface area contributed by atoms with Crippen molar-refractivity contribution in [1.29, 1.82) is 0 Å². The molecule has 0 aromatic heterocycles. The van der Waals surface area contributed by atoms with Gasteiger partial charge in [-0.2, -0.15) is 41.2 Å². The first-order valence-electron chi connectivity index (χ1n) is 23.9. The van der Waals surface area contributed by atoms with E-state index in [1.807, 2.05) is 72.8 Å². The molecule has 0 unspecified atom stereocenters. The monoisotopic (exact) mass is 1540 g/mol. The van der Waals surface area contributed by atoms with E-state index in [0.717, 1.165) is 0 Å². The zero-order valence-corrected chi connectivity index (χ0v) is 52.7. The maximum absolute atomic E-state index is 8.49. The Hall–Kier alpha value is -4.34. The van der Waals surface area contributed by atoms with Gasteiger partial charge in [0.15, 0.2) is 0 Å². The summed E-state index contributed by atoms with van der Waals surface area (Å²) < 4.78 is 67.9. The summed E-state index contributed by atoms with van der Waals surface area (Å²) in [7, 11) is -14.5. The topological polar surface area (TPSA) is 184 Å². The molecule has 422 valence electrons. The van der Waals surface area contributed by atoms with Crippen molar-refractivity contribution in [3.05, 3.63) is 330 Å². The van der Waals surface area contributed by atoms with Gasteiger partial charge in [0.25, 0.3) is 0 Å². The van der Waals surface area contributed by atoms with E-state index in [0.29, 0.717) is 0 Å². The molecule has 0 saturated carbocycles. The van der Waals surface area contributed by atoms with Crippen LogP contribution in [0.15, 0.2) is 303 Å². The van der Waals surface area contributed by atoms with E-state index in [9.17, 15) is 0 Å². The standard InChI is InChI=1S/2C18H15P.2C14H14P.2Au.2ClHO4/c2*1-4-10-16(11-5-1)19(17-12-6-2-7-13-17)18-14-8-3-9-15-18;2*1-15(2,13-9-5-3-6-10-13)14-11-7-4-8-12-14;;;2*2-1(3,4)5/h2*1-15H;2*3-12H,1-2H2;;;2*(H,2,3,4,5)/q;;2*-1;;;;/p-1. The normalized spacial score (nSPS) is 10.8. The summed E-state index contributed by atoms with van der Waals surface area (Å²) in [5.41, 5.74) is 0. The summed E-state index contributed by atoms with van der Waals surface area (Å²) in [4.78, 5) is 0. The van der Waals surface area contributed by atoms with Crippen LogP contribution < -0.4 is 90.3 Å². The second-order valence-corrected chi connectivity index (χ2v) is 29.0. The third-order valence-electron chi connectivity index (χ3n) is 11.2. The molecule has 2 radical (unpaired) electrons. The Morgan fingerprint density at radius 3 is 0.550 bits per heavy atom. The average molecular weight is 1540 g/mol. The molecule has 0 aliphatic rings. The minimum absolute atomic E-state index is 0. The number of hydrogen-bond donors (Lipinski definition) is 0. The molecule has 0 bridgehead atoms. The maximum atomic E-state index is 8.49. The van der Waals surface area contributed by atoms with Gasteiger partial charge >= 0.3 is 0 Å². The predicted octanol–water partition coefficient (Wildman–Crippen LogP) is 3.58. The van der Waals surface area contributed by atoms with E-state index in [2.05, 4.69) is 257 Å². The summed E-state index contributed by atoms with van der Waals surface area (Å²) >= 11 is 0. The third kappa shape index (κ3) is 25.4. The Labute approximate surface area is 511 Å². The van der Waals surface area contributed by atoms with Gasteiger partial charge in [-0.3, -0.25) is 0 Å². The van der Waals surface area contributed by atoms with E-state index in [-0.39, 0.29) is 44.8 Å². The van der Waals surface area contributed by atoms with Crippen LogP contribution in [0.4, 0.5) is 0 Å². The number of halogens is 2. The van der Waals surface area contributed by atoms with Crippen molar-refractivity contribution in [3.63, 3.8) is 0 Å². The Kier molecular flexibility index (Phi) is 31.7. The predicted molar refractivity (Wildman–Crippen MR) is 311 cm³/mol. The van der Waals surface area contributed by atoms with E-state index in [1.54, 1.807) is 0 Å². The Morgan fingerprint density at radius 2 is 0.388 bits per heavy atom. The van der Waals surface area contributed by atoms with Gasteiger partial charge < -0.3 is 0 Å². The van der Waals surface area contributed by atoms with E-state index < -0.39 is 50.9 Å². The minimum atomic E-state index is -4.94. The van der Waals surface area contributed by atoms with Crippen LogP contribution in [-0.2, 0) is 44.8 Å². The zero-order chi connectivity index (χ0) is 56.3. The molecule has 0 fully saturated rings. The van der Waals surface area contributed by atoms with Gasteiger partial charge in [0.1, 0.15) is 15.9 Å². The molecule has 10 rings (SSSR count). The van der Waals surface area contributed by atoms with Crippen LogP contribution in [-0.4, -0.2) is 0 Å². The van der Waals surface area contributed by atoms with Gasteiger partial charge in [0, 0.05) is 66.0 Å². The van der Waals surface area contributed by atoms with Gasteiger partial charge in [0.05, 0.1) is 7.92 Å². The molecule has 0 heterocycles. The molecule has 0 N–H and O–H groups in total. The summed E-state index contributed by atoms with van der Waals surface area (Å²) in [6, 6.07) is 106. The maximum Gasteiger partial charge on any atom is 0.102 e. The fourth-order valence-electron chi connectivity index (χ4n) is 7.64. The summed E-state index contributed by atoms with van der Waals surface area (Å²) in [5.74, 6) is 0. The molecule has 10 aromatic rings. The second-order valence-electron chi connectivity index (χ2n) is 16.8. The van der Waals surface area contributed by atoms with E-state index in [1.165, 1.54) is 53.0 Å². The van der Waals surface area contributed by atoms with Gasteiger partial charge in [-0.05, 0) is 109 Å². The molecule has 16 heteroatoms. The molecular weight excluding hydrogens is 1490 g/mol. The zero-order valence-electron chi connectivity index (χ0n) is 43.2. The van der Waals surface area contributed by atoms with Crippen LogP contribution in [0, 0.1) is 47.1 Å². The molecule has 0 aliphatic heterocycles. The van der Waals surface area contributed by atoms with Gasteiger partial charge in [-0.15, -0.1) is 20.5 Å². The van der Waals surface area contributed by atoms with Crippen LogP contribution in [0.2, 0.25) is 0 Å². The van der Waals surface area contributed by atoms with Crippen molar-refractivity contribution < 1.29 is 103 Å². The number of rotatable bonds is 10. The summed E-state index contributed by atoms with van der Waals surface area (Å²) in [6.45, 7) is 17.2. The smallest absolute Gasteiger partial charge is 0.102 e. The van der Waals surface area contributed by atoms with Crippen molar-refractivity contribution in [1.82, 2.24) is 0 Å². The van der Waals surface area contributed by atoms with Crippen LogP contribution in [0.3, 0.4) is 0 Å². The molecule has 8 nitrogen and oxygen atoms in total. The first kappa shape index (κ1) is 69.9. The van der Waals surface area contributed by atoms with Gasteiger partial charge in [-0.1, -0.05) is 218 Å². The summed E-state index contributed by atoms with van der Waals surface area (Å²) in [5, 5.41) is 13.5. The van der Waals surface area contributed by atoms with Gasteiger partial charge in [0.2, 0.25) is 0 Å². The fraction of sp³-hybridized carbons (Fsp3) is 0. The fourth-order valence-corrected chi connectivity index (χ4v) is 16.1. The van der Waals surface area contributed by atoms with Gasteiger partial charge in [-0.25, -0.2) is 37.3 Å². The molecule has 0 aliphatic carbocycles. The van der Waals surface area contributed by atoms with E-state index >= 15 is 0 Å². The molecule has 0 spiro atoms. The second kappa shape index (κ2) is 36.3. The Morgan fingerprint density at radius 1 is 0.250 bits per heavy atom. The van der Waals surface area contributed by atoms with Crippen LogP contribution in [0.1, 0.15) is 0 Å². The quantitative estimate of drug-likeness (QED) is 0.113. The molecule has 0 atom stereocenters. The minimum Gasteiger partial charge on any atom is -0.222 e. The third-order valence-corrected chi connectivity index (χ3v) is 21.6. The Bertz CT molecular complexity index is 2650. The molecule has 0 amide bonds. The van der Waals surface area contributed by atoms with Crippen molar-refractivity contribution in [3.8, 4) is 0 Å². The van der Waals surface area contributed by atoms with Crippen LogP contribution >= 0.6 is 30.4 Å². The first-order chi connectivity index (χ1) is 37.3. The number of benzene rings is 10. The van der Waals surface area contributed by atoms with Crippen molar-refractivity contribution in [2.45, 2.75) is 0 Å². The van der Waals surface area contributed by atoms with Crippen LogP contribution in [0.5, 0.6) is 0 Å². The molecular formula is C64H59Au2Cl2O8P4-3. The largest absolute Gasteiger partial charge is 0.222 e. The average Bonchev–Trinajstić information content (AvgIpc) is 3.48. The number of hydrogen-bond acceptors (Lipinski definition) is 8. The van der Waals surface area contributed by atoms with E-state index in [4.69, 9.17) is 37.3 Å².